The summed E-state index contributed by atoms with van der Waals surface area (Å²) in [5, 5.41) is 0. The zero-order chi connectivity index (χ0) is 14.9. The van der Waals surface area contributed by atoms with E-state index in [0.29, 0.717) is 5.56 Å². The molecule has 0 aliphatic heterocycles. The van der Waals surface area contributed by atoms with Crippen LogP contribution < -0.4 is 4.90 Å². The van der Waals surface area contributed by atoms with Crippen molar-refractivity contribution in [2.75, 3.05) is 11.9 Å². The molecule has 2 aromatic rings. The molecule has 0 aliphatic rings. The Hall–Kier alpha value is -1.61. The molecule has 20 heavy (non-hydrogen) atoms. The third-order valence-electron chi connectivity index (χ3n) is 3.31. The topological polar surface area (TPSA) is 20.3 Å². The van der Waals surface area contributed by atoms with Crippen LogP contribution >= 0.6 is 15.9 Å². The highest BCUT2D eigenvalue weighted by molar-refractivity contribution is 9.10. The summed E-state index contributed by atoms with van der Waals surface area (Å²) in [5.41, 5.74) is 5.01. The lowest BCUT2D eigenvalue weighted by Crippen LogP contribution is -2.27. The maximum Gasteiger partial charge on any atom is 0.258 e. The lowest BCUT2D eigenvalue weighted by molar-refractivity contribution is 0.0992. The molecule has 0 bridgehead atoms. The molecule has 0 saturated carbocycles. The first-order valence-electron chi connectivity index (χ1n) is 6.51. The maximum atomic E-state index is 12.6. The maximum absolute atomic E-state index is 12.6. The molecule has 0 fully saturated rings. The van der Waals surface area contributed by atoms with Crippen molar-refractivity contribution in [1.82, 2.24) is 0 Å². The van der Waals surface area contributed by atoms with Gasteiger partial charge in [-0.1, -0.05) is 33.6 Å². The fourth-order valence-corrected chi connectivity index (χ4v) is 2.95. The first-order valence-corrected chi connectivity index (χ1v) is 7.30. The van der Waals surface area contributed by atoms with Crippen molar-refractivity contribution < 1.29 is 4.79 Å². The van der Waals surface area contributed by atoms with E-state index in [-0.39, 0.29) is 5.91 Å². The molecule has 1 amide bonds. The largest absolute Gasteiger partial charge is 0.311 e. The van der Waals surface area contributed by atoms with Crippen LogP contribution in [0.2, 0.25) is 0 Å². The lowest BCUT2D eigenvalue weighted by Gasteiger charge is -2.20. The number of benzene rings is 2. The van der Waals surface area contributed by atoms with E-state index in [9.17, 15) is 4.79 Å². The number of carbonyl (C=O) groups excluding carboxylic acids is 1. The van der Waals surface area contributed by atoms with Crippen LogP contribution in [0.5, 0.6) is 0 Å². The highest BCUT2D eigenvalue weighted by atomic mass is 79.9. The number of rotatable bonds is 2. The summed E-state index contributed by atoms with van der Waals surface area (Å²) in [6.45, 7) is 6.06. The molecule has 0 atom stereocenters. The van der Waals surface area contributed by atoms with Gasteiger partial charge in [0.05, 0.1) is 0 Å². The van der Waals surface area contributed by atoms with Crippen LogP contribution in [0.15, 0.2) is 40.9 Å². The number of aryl methyl sites for hydroxylation is 3. The van der Waals surface area contributed by atoms with Gasteiger partial charge in [-0.2, -0.15) is 0 Å². The molecule has 2 rings (SSSR count). The normalized spacial score (nSPS) is 10.4. The third kappa shape index (κ3) is 3.10. The Morgan fingerprint density at radius 3 is 2.30 bits per heavy atom. The van der Waals surface area contributed by atoms with E-state index in [1.807, 2.05) is 51.2 Å². The highest BCUT2D eigenvalue weighted by Gasteiger charge is 2.15. The summed E-state index contributed by atoms with van der Waals surface area (Å²) in [4.78, 5) is 14.3. The molecule has 0 spiro atoms. The molecule has 0 unspecified atom stereocenters. The Kier molecular flexibility index (Phi) is 4.29. The number of halogens is 1. The predicted molar refractivity (Wildman–Crippen MR) is 87.5 cm³/mol. The summed E-state index contributed by atoms with van der Waals surface area (Å²) in [6, 6.07) is 11.9. The molecule has 104 valence electrons. The molecule has 3 heteroatoms. The Morgan fingerprint density at radius 2 is 1.70 bits per heavy atom. The van der Waals surface area contributed by atoms with Gasteiger partial charge in [0.25, 0.3) is 5.91 Å². The minimum Gasteiger partial charge on any atom is -0.311 e. The summed E-state index contributed by atoms with van der Waals surface area (Å²) < 4.78 is 0.926. The number of nitrogens with zero attached hydrogens (tertiary/aromatic N) is 1. The monoisotopic (exact) mass is 331 g/mol. The van der Waals surface area contributed by atoms with Crippen LogP contribution in [0.3, 0.4) is 0 Å². The second-order valence-corrected chi connectivity index (χ2v) is 6.09. The lowest BCUT2D eigenvalue weighted by atomic mass is 10.1. The predicted octanol–water partition coefficient (Wildman–Crippen LogP) is 4.65. The van der Waals surface area contributed by atoms with Crippen LogP contribution in [0.4, 0.5) is 5.69 Å². The van der Waals surface area contributed by atoms with Crippen molar-refractivity contribution in [3.05, 3.63) is 63.1 Å². The van der Waals surface area contributed by atoms with E-state index in [1.54, 1.807) is 4.90 Å². The standard InChI is InChI=1S/C17H18BrNO/c1-11-5-6-16(13(3)7-11)19(4)17(20)14-8-12(2)9-15(18)10-14/h5-10H,1-4H3. The molecule has 2 nitrogen and oxygen atoms in total. The molecule has 0 heterocycles. The Labute approximate surface area is 128 Å². The quantitative estimate of drug-likeness (QED) is 0.784. The fourth-order valence-electron chi connectivity index (χ4n) is 2.34. The second-order valence-electron chi connectivity index (χ2n) is 5.17. The van der Waals surface area contributed by atoms with Crippen molar-refractivity contribution in [3.63, 3.8) is 0 Å². The van der Waals surface area contributed by atoms with Gasteiger partial charge in [-0.15, -0.1) is 0 Å². The van der Waals surface area contributed by atoms with E-state index < -0.39 is 0 Å². The Bertz CT molecular complexity index is 644. The second kappa shape index (κ2) is 5.80. The Morgan fingerprint density at radius 1 is 1.00 bits per heavy atom. The number of hydrogen-bond acceptors (Lipinski definition) is 1. The Balaban J connectivity index is 2.37. The van der Waals surface area contributed by atoms with Crippen molar-refractivity contribution in [3.8, 4) is 0 Å². The van der Waals surface area contributed by atoms with Crippen molar-refractivity contribution >= 4 is 27.5 Å². The van der Waals surface area contributed by atoms with Crippen molar-refractivity contribution in [2.45, 2.75) is 20.8 Å². The minimum atomic E-state index is 0.00125. The minimum absolute atomic E-state index is 0.00125. The number of amides is 1. The van der Waals surface area contributed by atoms with Gasteiger partial charge in [0.1, 0.15) is 0 Å². The summed E-state index contributed by atoms with van der Waals surface area (Å²) in [7, 11) is 1.82. The number of carbonyl (C=O) groups is 1. The first-order chi connectivity index (χ1) is 9.38. The van der Waals surface area contributed by atoms with Gasteiger partial charge in [-0.3, -0.25) is 4.79 Å². The number of anilines is 1. The summed E-state index contributed by atoms with van der Waals surface area (Å²) in [6.07, 6.45) is 0. The number of hydrogen-bond donors (Lipinski definition) is 0. The molecular weight excluding hydrogens is 314 g/mol. The molecule has 0 saturated heterocycles. The summed E-state index contributed by atoms with van der Waals surface area (Å²) >= 11 is 3.44. The zero-order valence-corrected chi connectivity index (χ0v) is 13.8. The first kappa shape index (κ1) is 14.8. The SMILES string of the molecule is Cc1cc(Br)cc(C(=O)N(C)c2ccc(C)cc2C)c1. The molecule has 0 N–H and O–H groups in total. The van der Waals surface area contributed by atoms with Crippen LogP contribution in [0.1, 0.15) is 27.0 Å². The van der Waals surface area contributed by atoms with E-state index in [1.165, 1.54) is 5.56 Å². The van der Waals surface area contributed by atoms with E-state index in [0.717, 1.165) is 21.3 Å². The van der Waals surface area contributed by atoms with Crippen LogP contribution in [0.25, 0.3) is 0 Å². The average Bonchev–Trinajstić information content (AvgIpc) is 2.36. The molecular formula is C17H18BrNO. The molecule has 2 aromatic carbocycles. The zero-order valence-electron chi connectivity index (χ0n) is 12.2. The van der Waals surface area contributed by atoms with Gasteiger partial charge in [0, 0.05) is 22.8 Å². The van der Waals surface area contributed by atoms with Crippen LogP contribution in [-0.4, -0.2) is 13.0 Å². The van der Waals surface area contributed by atoms with Crippen molar-refractivity contribution in [2.24, 2.45) is 0 Å². The average molecular weight is 332 g/mol. The van der Waals surface area contributed by atoms with Gasteiger partial charge in [0.15, 0.2) is 0 Å². The van der Waals surface area contributed by atoms with Gasteiger partial charge in [-0.05, 0) is 56.2 Å². The smallest absolute Gasteiger partial charge is 0.258 e. The van der Waals surface area contributed by atoms with Gasteiger partial charge in [-0.25, -0.2) is 0 Å². The summed E-state index contributed by atoms with van der Waals surface area (Å²) in [5.74, 6) is 0.00125. The van der Waals surface area contributed by atoms with Gasteiger partial charge >= 0.3 is 0 Å². The van der Waals surface area contributed by atoms with E-state index in [2.05, 4.69) is 28.9 Å². The van der Waals surface area contributed by atoms with Crippen LogP contribution in [-0.2, 0) is 0 Å². The fraction of sp³-hybridized carbons (Fsp3) is 0.235. The van der Waals surface area contributed by atoms with Gasteiger partial charge in [0.2, 0.25) is 0 Å². The molecule has 0 radical (unpaired) electrons. The highest BCUT2D eigenvalue weighted by Crippen LogP contribution is 2.23. The molecule has 0 aromatic heterocycles. The third-order valence-corrected chi connectivity index (χ3v) is 3.77. The van der Waals surface area contributed by atoms with Crippen molar-refractivity contribution in [1.29, 1.82) is 0 Å². The van der Waals surface area contributed by atoms with E-state index in [4.69, 9.17) is 0 Å². The molecule has 0 aliphatic carbocycles. The van der Waals surface area contributed by atoms with Gasteiger partial charge < -0.3 is 4.90 Å². The van der Waals surface area contributed by atoms with Crippen LogP contribution in [0, 0.1) is 20.8 Å². The van der Waals surface area contributed by atoms with E-state index >= 15 is 0 Å².